The summed E-state index contributed by atoms with van der Waals surface area (Å²) in [4.78, 5) is 0. The first-order chi connectivity index (χ1) is 8.80. The number of nitriles is 1. The lowest BCUT2D eigenvalue weighted by atomic mass is 9.94. The van der Waals surface area contributed by atoms with Crippen molar-refractivity contribution in [2.45, 2.75) is 69.9 Å². The van der Waals surface area contributed by atoms with Crippen LogP contribution in [0.1, 0.15) is 58.3 Å². The molecule has 18 heavy (non-hydrogen) atoms. The van der Waals surface area contributed by atoms with Crippen LogP contribution in [-0.4, -0.2) is 24.8 Å². The van der Waals surface area contributed by atoms with E-state index in [9.17, 15) is 5.26 Å². The lowest BCUT2D eigenvalue weighted by Gasteiger charge is -2.31. The topological polar surface area (TPSA) is 45.0 Å². The molecule has 0 aromatic rings. The molecule has 0 bridgehead atoms. The Bertz CT molecular complexity index is 289. The van der Waals surface area contributed by atoms with Gasteiger partial charge in [0.05, 0.1) is 18.8 Å². The number of nitrogens with zero attached hydrogens (tertiary/aromatic N) is 1. The summed E-state index contributed by atoms with van der Waals surface area (Å²) in [5, 5.41) is 13.0. The summed E-state index contributed by atoms with van der Waals surface area (Å²) in [6.45, 7) is 3.64. The number of hydrogen-bond acceptors (Lipinski definition) is 3. The molecule has 0 aromatic carbocycles. The van der Waals surface area contributed by atoms with Crippen molar-refractivity contribution < 1.29 is 4.74 Å². The Balaban J connectivity index is 1.86. The molecule has 1 N–H and O–H groups in total. The molecule has 0 aromatic heterocycles. The van der Waals surface area contributed by atoms with Gasteiger partial charge in [-0.3, -0.25) is 5.32 Å². The molecule has 1 atom stereocenters. The van der Waals surface area contributed by atoms with Gasteiger partial charge in [0.2, 0.25) is 0 Å². The Morgan fingerprint density at radius 1 is 1.22 bits per heavy atom. The SMILES string of the molecule is CCCNC(C#N)(COC1CCCCC1)C1CC1. The molecule has 2 aliphatic carbocycles. The van der Waals surface area contributed by atoms with E-state index in [2.05, 4.69) is 18.3 Å². The van der Waals surface area contributed by atoms with Crippen LogP contribution >= 0.6 is 0 Å². The average molecular weight is 250 g/mol. The second-order valence-corrected chi connectivity index (χ2v) is 5.86. The third kappa shape index (κ3) is 3.46. The van der Waals surface area contributed by atoms with Crippen molar-refractivity contribution in [3.05, 3.63) is 0 Å². The minimum absolute atomic E-state index is 0.397. The van der Waals surface area contributed by atoms with Crippen molar-refractivity contribution in [2.75, 3.05) is 13.2 Å². The van der Waals surface area contributed by atoms with Crippen LogP contribution < -0.4 is 5.32 Å². The summed E-state index contributed by atoms with van der Waals surface area (Å²) in [5.41, 5.74) is -0.409. The van der Waals surface area contributed by atoms with Crippen molar-refractivity contribution in [2.24, 2.45) is 5.92 Å². The van der Waals surface area contributed by atoms with Crippen molar-refractivity contribution >= 4 is 0 Å². The maximum absolute atomic E-state index is 9.55. The van der Waals surface area contributed by atoms with E-state index in [0.29, 0.717) is 18.6 Å². The standard InChI is InChI=1S/C15H26N2O/c1-2-10-17-15(11-16,13-8-9-13)12-18-14-6-4-3-5-7-14/h13-14,17H,2-10,12H2,1H3. The Morgan fingerprint density at radius 2 is 1.94 bits per heavy atom. The number of nitrogens with one attached hydrogen (secondary N) is 1. The molecule has 0 heterocycles. The number of rotatable bonds is 7. The molecule has 0 saturated heterocycles. The molecule has 0 spiro atoms. The monoisotopic (exact) mass is 250 g/mol. The highest BCUT2D eigenvalue weighted by atomic mass is 16.5. The van der Waals surface area contributed by atoms with E-state index in [1.54, 1.807) is 0 Å². The van der Waals surface area contributed by atoms with Gasteiger partial charge in [-0.2, -0.15) is 5.26 Å². The molecule has 1 unspecified atom stereocenters. The van der Waals surface area contributed by atoms with Gasteiger partial charge in [-0.25, -0.2) is 0 Å². The average Bonchev–Trinajstić information content (AvgIpc) is 3.26. The smallest absolute Gasteiger partial charge is 0.133 e. The van der Waals surface area contributed by atoms with Gasteiger partial charge in [0.15, 0.2) is 0 Å². The van der Waals surface area contributed by atoms with Crippen LogP contribution in [0, 0.1) is 17.2 Å². The maximum atomic E-state index is 9.55. The van der Waals surface area contributed by atoms with E-state index in [0.717, 1.165) is 13.0 Å². The minimum atomic E-state index is -0.409. The molecular weight excluding hydrogens is 224 g/mol. The van der Waals surface area contributed by atoms with E-state index < -0.39 is 5.54 Å². The normalized spacial score (nSPS) is 24.4. The van der Waals surface area contributed by atoms with Gasteiger partial charge in [0.25, 0.3) is 0 Å². The zero-order chi connectivity index (χ0) is 12.8. The van der Waals surface area contributed by atoms with Crippen LogP contribution in [0.3, 0.4) is 0 Å². The molecule has 0 radical (unpaired) electrons. The van der Waals surface area contributed by atoms with E-state index in [1.807, 2.05) is 0 Å². The molecule has 102 valence electrons. The quantitative estimate of drug-likeness (QED) is 0.755. The molecule has 2 aliphatic rings. The largest absolute Gasteiger partial charge is 0.375 e. The highest BCUT2D eigenvalue weighted by Gasteiger charge is 2.46. The van der Waals surface area contributed by atoms with Crippen molar-refractivity contribution in [3.63, 3.8) is 0 Å². The molecule has 3 nitrogen and oxygen atoms in total. The van der Waals surface area contributed by atoms with Gasteiger partial charge >= 0.3 is 0 Å². The predicted molar refractivity (Wildman–Crippen MR) is 72.2 cm³/mol. The molecule has 2 saturated carbocycles. The fourth-order valence-electron chi connectivity index (χ4n) is 2.88. The molecular formula is C15H26N2O. The fourth-order valence-corrected chi connectivity index (χ4v) is 2.88. The Morgan fingerprint density at radius 3 is 2.50 bits per heavy atom. The van der Waals surface area contributed by atoms with Crippen LogP contribution in [0.4, 0.5) is 0 Å². The summed E-state index contributed by atoms with van der Waals surface area (Å²) in [6.07, 6.45) is 10.1. The summed E-state index contributed by atoms with van der Waals surface area (Å²) >= 11 is 0. The summed E-state index contributed by atoms with van der Waals surface area (Å²) < 4.78 is 6.05. The zero-order valence-corrected chi connectivity index (χ0v) is 11.6. The molecule has 2 fully saturated rings. The fraction of sp³-hybridized carbons (Fsp3) is 0.933. The first kappa shape index (κ1) is 13.8. The maximum Gasteiger partial charge on any atom is 0.133 e. The number of hydrogen-bond donors (Lipinski definition) is 1. The van der Waals surface area contributed by atoms with Crippen molar-refractivity contribution in [1.29, 1.82) is 5.26 Å². The van der Waals surface area contributed by atoms with Crippen LogP contribution in [-0.2, 0) is 4.74 Å². The lowest BCUT2D eigenvalue weighted by Crippen LogP contribution is -2.51. The van der Waals surface area contributed by atoms with Gasteiger partial charge in [-0.1, -0.05) is 26.2 Å². The second kappa shape index (κ2) is 6.54. The zero-order valence-electron chi connectivity index (χ0n) is 11.6. The van der Waals surface area contributed by atoms with Crippen LogP contribution in [0.25, 0.3) is 0 Å². The summed E-state index contributed by atoms with van der Waals surface area (Å²) in [7, 11) is 0. The van der Waals surface area contributed by atoms with E-state index >= 15 is 0 Å². The molecule has 0 aliphatic heterocycles. The first-order valence-corrected chi connectivity index (χ1v) is 7.58. The predicted octanol–water partition coefficient (Wildman–Crippen LogP) is 3.01. The van der Waals surface area contributed by atoms with Gasteiger partial charge in [0.1, 0.15) is 5.54 Å². The third-order valence-electron chi connectivity index (χ3n) is 4.26. The summed E-state index contributed by atoms with van der Waals surface area (Å²) in [6, 6.07) is 2.52. The highest BCUT2D eigenvalue weighted by Crippen LogP contribution is 2.40. The highest BCUT2D eigenvalue weighted by molar-refractivity contribution is 5.15. The van der Waals surface area contributed by atoms with E-state index in [-0.39, 0.29) is 0 Å². The Labute approximate surface area is 111 Å². The van der Waals surface area contributed by atoms with Crippen LogP contribution in [0.5, 0.6) is 0 Å². The van der Waals surface area contributed by atoms with Gasteiger partial charge in [0, 0.05) is 0 Å². The van der Waals surface area contributed by atoms with Crippen LogP contribution in [0.15, 0.2) is 0 Å². The van der Waals surface area contributed by atoms with E-state index in [1.165, 1.54) is 44.9 Å². The third-order valence-corrected chi connectivity index (χ3v) is 4.26. The van der Waals surface area contributed by atoms with Gasteiger partial charge in [-0.15, -0.1) is 0 Å². The number of ether oxygens (including phenoxy) is 1. The van der Waals surface area contributed by atoms with Crippen molar-refractivity contribution in [3.8, 4) is 6.07 Å². The Kier molecular flexibility index (Phi) is 5.03. The van der Waals surface area contributed by atoms with Crippen LogP contribution in [0.2, 0.25) is 0 Å². The van der Waals surface area contributed by atoms with Crippen molar-refractivity contribution in [1.82, 2.24) is 5.32 Å². The lowest BCUT2D eigenvalue weighted by molar-refractivity contribution is -0.00142. The molecule has 2 rings (SSSR count). The summed E-state index contributed by atoms with van der Waals surface area (Å²) in [5.74, 6) is 0.512. The van der Waals surface area contributed by atoms with Gasteiger partial charge in [-0.05, 0) is 44.6 Å². The second-order valence-electron chi connectivity index (χ2n) is 5.86. The Hall–Kier alpha value is -0.590. The minimum Gasteiger partial charge on any atom is -0.375 e. The van der Waals surface area contributed by atoms with E-state index in [4.69, 9.17) is 4.74 Å². The first-order valence-electron chi connectivity index (χ1n) is 7.58. The van der Waals surface area contributed by atoms with Gasteiger partial charge < -0.3 is 4.74 Å². The molecule has 3 heteroatoms. The molecule has 0 amide bonds.